The fraction of sp³-hybridized carbons (Fsp3) is 1.00. The molecule has 0 rings (SSSR count). The Hall–Kier alpha value is -0.340. The molecule has 0 aliphatic rings. The van der Waals surface area contributed by atoms with Crippen LogP contribution in [0.25, 0.3) is 0 Å². The van der Waals surface area contributed by atoms with Gasteiger partial charge in [-0.1, -0.05) is 12.8 Å². The monoisotopic (exact) mass is 277 g/mol. The average molecular weight is 277 g/mol. The molecular formula is C9H18F3NO3S. The molecule has 104 valence electrons. The molecule has 0 radical (unpaired) electrons. The zero-order valence-corrected chi connectivity index (χ0v) is 10.5. The molecule has 2 N–H and O–H groups in total. The summed E-state index contributed by atoms with van der Waals surface area (Å²) in [5.74, 6) is -0.0905. The summed E-state index contributed by atoms with van der Waals surface area (Å²) in [5, 5.41) is 4.79. The van der Waals surface area contributed by atoms with Crippen LogP contribution in [0.1, 0.15) is 32.6 Å². The summed E-state index contributed by atoms with van der Waals surface area (Å²) in [6, 6.07) is 0. The normalized spacial score (nSPS) is 14.9. The van der Waals surface area contributed by atoms with Gasteiger partial charge in [-0.25, -0.2) is 13.6 Å². The van der Waals surface area contributed by atoms with E-state index in [1.54, 1.807) is 0 Å². The number of nitrogens with two attached hydrogens (primary N) is 1. The Morgan fingerprint density at radius 1 is 1.18 bits per heavy atom. The fourth-order valence-corrected chi connectivity index (χ4v) is 1.72. The van der Waals surface area contributed by atoms with Gasteiger partial charge in [-0.15, -0.1) is 0 Å². The molecular weight excluding hydrogens is 259 g/mol. The van der Waals surface area contributed by atoms with Crippen molar-refractivity contribution in [3.63, 3.8) is 0 Å². The van der Waals surface area contributed by atoms with Gasteiger partial charge in [0.2, 0.25) is 10.0 Å². The minimum absolute atomic E-state index is 0.0239. The molecule has 4 nitrogen and oxygen atoms in total. The van der Waals surface area contributed by atoms with E-state index >= 15 is 0 Å². The summed E-state index contributed by atoms with van der Waals surface area (Å²) in [4.78, 5) is 0. The van der Waals surface area contributed by atoms with E-state index in [9.17, 15) is 21.6 Å². The maximum Gasteiger partial charge on any atom is 0.414 e. The lowest BCUT2D eigenvalue weighted by Crippen LogP contribution is -2.28. The third kappa shape index (κ3) is 10.5. The highest BCUT2D eigenvalue weighted by molar-refractivity contribution is 7.89. The number of halogens is 3. The molecule has 0 amide bonds. The van der Waals surface area contributed by atoms with Crippen molar-refractivity contribution < 1.29 is 26.3 Å². The Morgan fingerprint density at radius 2 is 1.71 bits per heavy atom. The third-order valence-electron chi connectivity index (χ3n) is 2.15. The van der Waals surface area contributed by atoms with Crippen molar-refractivity contribution in [2.24, 2.45) is 5.14 Å². The number of unbranched alkanes of at least 4 members (excludes halogenated alkanes) is 3. The molecule has 1 atom stereocenters. The topological polar surface area (TPSA) is 69.4 Å². The lowest BCUT2D eigenvalue weighted by molar-refractivity contribution is -0.214. The molecule has 8 heteroatoms. The molecule has 1 unspecified atom stereocenters. The average Bonchev–Trinajstić information content (AvgIpc) is 2.12. The predicted octanol–water partition coefficient (Wildman–Crippen LogP) is 1.80. The summed E-state index contributed by atoms with van der Waals surface area (Å²) in [5.41, 5.74) is 0. The van der Waals surface area contributed by atoms with E-state index in [1.807, 2.05) is 0 Å². The molecule has 0 aliphatic carbocycles. The lowest BCUT2D eigenvalue weighted by Gasteiger charge is -2.16. The van der Waals surface area contributed by atoms with Crippen molar-refractivity contribution in [1.82, 2.24) is 0 Å². The summed E-state index contributed by atoms with van der Waals surface area (Å²) in [7, 11) is -3.43. The van der Waals surface area contributed by atoms with Crippen LogP contribution in [-0.4, -0.2) is 33.1 Å². The van der Waals surface area contributed by atoms with Crippen LogP contribution in [0.3, 0.4) is 0 Å². The molecule has 0 fully saturated rings. The maximum atomic E-state index is 12.0. The lowest BCUT2D eigenvalue weighted by atomic mass is 10.2. The van der Waals surface area contributed by atoms with Gasteiger partial charge >= 0.3 is 6.18 Å². The number of hydrogen-bond donors (Lipinski definition) is 1. The Kier molecular flexibility index (Phi) is 7.03. The van der Waals surface area contributed by atoms with Gasteiger partial charge in [0.25, 0.3) is 0 Å². The molecule has 0 spiro atoms. The number of hydrogen-bond acceptors (Lipinski definition) is 3. The second-order valence-corrected chi connectivity index (χ2v) is 5.57. The molecule has 0 saturated heterocycles. The largest absolute Gasteiger partial charge is 0.414 e. The van der Waals surface area contributed by atoms with Crippen molar-refractivity contribution in [1.29, 1.82) is 0 Å². The molecule has 0 aromatic carbocycles. The Balaban J connectivity index is 3.42. The van der Waals surface area contributed by atoms with Gasteiger partial charge in [-0.05, 0) is 19.8 Å². The van der Waals surface area contributed by atoms with Crippen LogP contribution >= 0.6 is 0 Å². The summed E-state index contributed by atoms with van der Waals surface area (Å²) >= 11 is 0. The Bertz CT molecular complexity index is 303. The maximum absolute atomic E-state index is 12.0. The Labute approximate surface area is 99.4 Å². The van der Waals surface area contributed by atoms with Crippen LogP contribution in [-0.2, 0) is 14.8 Å². The van der Waals surface area contributed by atoms with E-state index in [-0.39, 0.29) is 12.4 Å². The minimum Gasteiger partial charge on any atom is -0.369 e. The van der Waals surface area contributed by atoms with Gasteiger partial charge in [-0.2, -0.15) is 13.2 Å². The SMILES string of the molecule is CC(OCCCCCCS(N)(=O)=O)C(F)(F)F. The Morgan fingerprint density at radius 3 is 2.18 bits per heavy atom. The van der Waals surface area contributed by atoms with Gasteiger partial charge in [0.05, 0.1) is 5.75 Å². The van der Waals surface area contributed by atoms with Crippen LogP contribution in [0.4, 0.5) is 13.2 Å². The highest BCUT2D eigenvalue weighted by Crippen LogP contribution is 2.22. The van der Waals surface area contributed by atoms with E-state index in [2.05, 4.69) is 4.74 Å². The minimum atomic E-state index is -4.33. The second-order valence-electron chi connectivity index (χ2n) is 3.84. The third-order valence-corrected chi connectivity index (χ3v) is 3.01. The molecule has 0 aromatic rings. The fourth-order valence-electron chi connectivity index (χ4n) is 1.11. The molecule has 0 aliphatic heterocycles. The quantitative estimate of drug-likeness (QED) is 0.688. The van der Waals surface area contributed by atoms with Crippen LogP contribution in [0.2, 0.25) is 0 Å². The highest BCUT2D eigenvalue weighted by Gasteiger charge is 2.36. The number of ether oxygens (including phenoxy) is 1. The second kappa shape index (κ2) is 7.17. The van der Waals surface area contributed by atoms with Crippen molar-refractivity contribution in [3.8, 4) is 0 Å². The van der Waals surface area contributed by atoms with Gasteiger partial charge in [0, 0.05) is 6.61 Å². The van der Waals surface area contributed by atoms with Gasteiger partial charge in [-0.3, -0.25) is 0 Å². The van der Waals surface area contributed by atoms with E-state index in [1.165, 1.54) is 0 Å². The first kappa shape index (κ1) is 16.7. The van der Waals surface area contributed by atoms with E-state index in [4.69, 9.17) is 5.14 Å². The first-order chi connectivity index (χ1) is 7.63. The summed E-state index contributed by atoms with van der Waals surface area (Å²) in [6.45, 7) is 0.983. The number of sulfonamides is 1. The smallest absolute Gasteiger partial charge is 0.369 e. The molecule has 0 heterocycles. The van der Waals surface area contributed by atoms with Crippen molar-refractivity contribution in [2.45, 2.75) is 44.9 Å². The van der Waals surface area contributed by atoms with E-state index < -0.39 is 22.3 Å². The highest BCUT2D eigenvalue weighted by atomic mass is 32.2. The van der Waals surface area contributed by atoms with Crippen LogP contribution in [0, 0.1) is 0 Å². The van der Waals surface area contributed by atoms with Gasteiger partial charge in [0.15, 0.2) is 6.10 Å². The first-order valence-electron chi connectivity index (χ1n) is 5.32. The number of rotatable bonds is 8. The standard InChI is InChI=1S/C9H18F3NO3S/c1-8(9(10,11)12)16-6-4-2-3-5-7-17(13,14)15/h8H,2-7H2,1H3,(H2,13,14,15). The zero-order chi connectivity index (χ0) is 13.5. The van der Waals surface area contributed by atoms with Crippen LogP contribution < -0.4 is 5.14 Å². The van der Waals surface area contributed by atoms with Gasteiger partial charge in [0.1, 0.15) is 0 Å². The molecule has 0 bridgehead atoms. The summed E-state index contributed by atoms with van der Waals surface area (Å²) < 4.78 is 61.7. The molecule has 0 saturated carbocycles. The van der Waals surface area contributed by atoms with Crippen LogP contribution in [0.15, 0.2) is 0 Å². The number of primary sulfonamides is 1. The van der Waals surface area contributed by atoms with E-state index in [0.717, 1.165) is 6.92 Å². The van der Waals surface area contributed by atoms with Crippen molar-refractivity contribution >= 4 is 10.0 Å². The van der Waals surface area contributed by atoms with Crippen LogP contribution in [0.5, 0.6) is 0 Å². The summed E-state index contributed by atoms with van der Waals surface area (Å²) in [6.07, 6.45) is -3.95. The molecule has 17 heavy (non-hydrogen) atoms. The predicted molar refractivity (Wildman–Crippen MR) is 57.9 cm³/mol. The van der Waals surface area contributed by atoms with Crippen molar-refractivity contribution in [2.75, 3.05) is 12.4 Å². The van der Waals surface area contributed by atoms with Gasteiger partial charge < -0.3 is 4.74 Å². The van der Waals surface area contributed by atoms with E-state index in [0.29, 0.717) is 25.7 Å². The van der Waals surface area contributed by atoms with Crippen molar-refractivity contribution in [3.05, 3.63) is 0 Å². The molecule has 0 aromatic heterocycles. The number of alkyl halides is 3. The zero-order valence-electron chi connectivity index (χ0n) is 9.66. The first-order valence-corrected chi connectivity index (χ1v) is 7.03.